The van der Waals surface area contributed by atoms with E-state index in [0.717, 1.165) is 11.3 Å². The van der Waals surface area contributed by atoms with Crippen molar-refractivity contribution >= 4 is 5.91 Å². The minimum atomic E-state index is 0.0129. The van der Waals surface area contributed by atoms with E-state index in [1.165, 1.54) is 0 Å². The lowest BCUT2D eigenvalue weighted by Gasteiger charge is -2.32. The highest BCUT2D eigenvalue weighted by molar-refractivity contribution is 5.93. The van der Waals surface area contributed by atoms with E-state index in [1.54, 1.807) is 17.2 Å². The molecule has 1 unspecified atom stereocenters. The van der Waals surface area contributed by atoms with Crippen LogP contribution in [-0.2, 0) is 4.79 Å². The smallest absolute Gasteiger partial charge is 0.253 e. The average Bonchev–Trinajstić information content (AvgIpc) is 2.66. The van der Waals surface area contributed by atoms with E-state index in [2.05, 4.69) is 10.9 Å². The van der Waals surface area contributed by atoms with E-state index in [4.69, 9.17) is 0 Å². The highest BCUT2D eigenvalue weighted by Gasteiger charge is 2.32. The number of nitrogens with zero attached hydrogens (tertiary/aromatic N) is 1. The van der Waals surface area contributed by atoms with Gasteiger partial charge in [-0.1, -0.05) is 12.2 Å². The van der Waals surface area contributed by atoms with E-state index in [-0.39, 0.29) is 11.9 Å². The Bertz CT molecular complexity index is 417. The Morgan fingerprint density at radius 3 is 3.21 bits per heavy atom. The van der Waals surface area contributed by atoms with Gasteiger partial charge in [0.05, 0.1) is 11.7 Å². The first-order valence-corrected chi connectivity index (χ1v) is 4.47. The summed E-state index contributed by atoms with van der Waals surface area (Å²) in [7, 11) is 0. The van der Waals surface area contributed by atoms with E-state index in [0.29, 0.717) is 0 Å². The van der Waals surface area contributed by atoms with Gasteiger partial charge < -0.3 is 15.8 Å². The fraction of sp³-hybridized carbons (Fsp3) is 0.100. The topological polar surface area (TPSA) is 44.4 Å². The molecule has 0 aromatic carbocycles. The number of hydrogen-bond donors (Lipinski definition) is 2. The molecule has 3 heterocycles. The molecule has 4 nitrogen and oxygen atoms in total. The maximum Gasteiger partial charge on any atom is 0.253 e. The Labute approximate surface area is 81.2 Å². The van der Waals surface area contributed by atoms with Gasteiger partial charge in [0.15, 0.2) is 0 Å². The molecule has 0 aromatic rings. The van der Waals surface area contributed by atoms with Crippen LogP contribution in [0.5, 0.6) is 0 Å². The monoisotopic (exact) mass is 187 g/mol. The zero-order chi connectivity index (χ0) is 9.54. The summed E-state index contributed by atoms with van der Waals surface area (Å²) < 4.78 is 0. The van der Waals surface area contributed by atoms with Gasteiger partial charge in [0.1, 0.15) is 0 Å². The van der Waals surface area contributed by atoms with Gasteiger partial charge in [0, 0.05) is 24.0 Å². The van der Waals surface area contributed by atoms with Gasteiger partial charge in [-0.05, 0) is 6.08 Å². The Hall–Kier alpha value is -1.97. The largest absolute Gasteiger partial charge is 0.308 e. The Morgan fingerprint density at radius 2 is 2.29 bits per heavy atom. The van der Waals surface area contributed by atoms with E-state index < -0.39 is 0 Å². The fourth-order valence-electron chi connectivity index (χ4n) is 1.86. The number of hydrogen-bond acceptors (Lipinski definition) is 3. The summed E-state index contributed by atoms with van der Waals surface area (Å²) in [6, 6.07) is 0.0370. The van der Waals surface area contributed by atoms with Gasteiger partial charge in [-0.3, -0.25) is 4.79 Å². The van der Waals surface area contributed by atoms with Crippen LogP contribution in [0.2, 0.25) is 0 Å². The number of hydrazine groups is 1. The van der Waals surface area contributed by atoms with Crippen LogP contribution in [0.25, 0.3) is 0 Å². The van der Waals surface area contributed by atoms with Crippen molar-refractivity contribution in [2.45, 2.75) is 6.04 Å². The molecule has 1 atom stereocenters. The van der Waals surface area contributed by atoms with Crippen LogP contribution in [0.4, 0.5) is 0 Å². The molecule has 0 bridgehead atoms. The lowest BCUT2D eigenvalue weighted by molar-refractivity contribution is -0.124. The molecular weight excluding hydrogens is 178 g/mol. The van der Waals surface area contributed by atoms with Crippen LogP contribution in [0.3, 0.4) is 0 Å². The van der Waals surface area contributed by atoms with Crippen molar-refractivity contribution < 1.29 is 4.79 Å². The molecule has 3 aliphatic heterocycles. The molecule has 3 aliphatic rings. The molecule has 70 valence electrons. The number of rotatable bonds is 0. The van der Waals surface area contributed by atoms with Crippen molar-refractivity contribution in [3.63, 3.8) is 0 Å². The number of carbonyl (C=O) groups is 1. The summed E-state index contributed by atoms with van der Waals surface area (Å²) in [5.41, 5.74) is 7.81. The van der Waals surface area contributed by atoms with Gasteiger partial charge in [0.25, 0.3) is 5.91 Å². The quantitative estimate of drug-likeness (QED) is 0.567. The third-order valence-corrected chi connectivity index (χ3v) is 2.54. The van der Waals surface area contributed by atoms with Crippen LogP contribution in [0, 0.1) is 0 Å². The second-order valence-electron chi connectivity index (χ2n) is 3.34. The lowest BCUT2D eigenvalue weighted by Crippen LogP contribution is -2.41. The standard InChI is InChI=1S/C10H9N3O/c14-10-5-8-7(6-11-12-8)9-3-1-2-4-13(9)10/h1-6,9,11-12H. The molecule has 0 saturated carbocycles. The van der Waals surface area contributed by atoms with E-state index in [9.17, 15) is 4.79 Å². The molecule has 3 rings (SSSR count). The Balaban J connectivity index is 2.12. The zero-order valence-corrected chi connectivity index (χ0v) is 7.40. The van der Waals surface area contributed by atoms with Crippen molar-refractivity contribution in [2.24, 2.45) is 0 Å². The first-order valence-electron chi connectivity index (χ1n) is 4.47. The second kappa shape index (κ2) is 2.51. The number of allylic oxidation sites excluding steroid dienone is 2. The molecule has 2 N–H and O–H groups in total. The third-order valence-electron chi connectivity index (χ3n) is 2.54. The van der Waals surface area contributed by atoms with Crippen LogP contribution in [0.1, 0.15) is 0 Å². The Morgan fingerprint density at radius 1 is 1.36 bits per heavy atom. The third kappa shape index (κ3) is 0.849. The van der Waals surface area contributed by atoms with Crippen molar-refractivity contribution in [3.8, 4) is 0 Å². The van der Waals surface area contributed by atoms with Gasteiger partial charge in [-0.2, -0.15) is 0 Å². The molecular formula is C10H9N3O. The van der Waals surface area contributed by atoms with Gasteiger partial charge in [-0.25, -0.2) is 0 Å². The van der Waals surface area contributed by atoms with Gasteiger partial charge in [-0.15, -0.1) is 0 Å². The summed E-state index contributed by atoms with van der Waals surface area (Å²) in [6.45, 7) is 0. The number of amides is 1. The molecule has 1 amide bonds. The molecule has 0 fully saturated rings. The first kappa shape index (κ1) is 7.44. The maximum atomic E-state index is 11.6. The highest BCUT2D eigenvalue weighted by Crippen LogP contribution is 2.27. The Kier molecular flexibility index (Phi) is 1.33. The maximum absolute atomic E-state index is 11.6. The normalized spacial score (nSPS) is 27.3. The summed E-state index contributed by atoms with van der Waals surface area (Å²) in [5, 5.41) is 0. The van der Waals surface area contributed by atoms with Crippen LogP contribution < -0.4 is 10.9 Å². The second-order valence-corrected chi connectivity index (χ2v) is 3.34. The fourth-order valence-corrected chi connectivity index (χ4v) is 1.86. The number of fused-ring (bicyclic) bond motifs is 3. The lowest BCUT2D eigenvalue weighted by atomic mass is 9.98. The molecule has 0 saturated heterocycles. The van der Waals surface area contributed by atoms with Gasteiger partial charge >= 0.3 is 0 Å². The van der Waals surface area contributed by atoms with Crippen molar-refractivity contribution in [1.82, 2.24) is 15.8 Å². The van der Waals surface area contributed by atoms with Crippen LogP contribution in [0.15, 0.2) is 48.0 Å². The summed E-state index contributed by atoms with van der Waals surface area (Å²) in [5.74, 6) is 0.0129. The SMILES string of the molecule is O=C1C=C2NNC=C2C2C=CC=CN12. The number of carbonyl (C=O) groups excluding carboxylic acids is 1. The van der Waals surface area contributed by atoms with Crippen molar-refractivity contribution in [3.05, 3.63) is 48.0 Å². The van der Waals surface area contributed by atoms with Crippen LogP contribution in [-0.4, -0.2) is 16.8 Å². The zero-order valence-electron chi connectivity index (χ0n) is 7.40. The molecule has 14 heavy (non-hydrogen) atoms. The minimum Gasteiger partial charge on any atom is -0.308 e. The highest BCUT2D eigenvalue weighted by atomic mass is 16.2. The van der Waals surface area contributed by atoms with Crippen molar-refractivity contribution in [2.75, 3.05) is 0 Å². The van der Waals surface area contributed by atoms with Crippen LogP contribution >= 0.6 is 0 Å². The van der Waals surface area contributed by atoms with Crippen molar-refractivity contribution in [1.29, 1.82) is 0 Å². The van der Waals surface area contributed by atoms with E-state index >= 15 is 0 Å². The summed E-state index contributed by atoms with van der Waals surface area (Å²) >= 11 is 0. The molecule has 0 aromatic heterocycles. The number of nitrogens with one attached hydrogen (secondary N) is 2. The molecule has 0 spiro atoms. The summed E-state index contributed by atoms with van der Waals surface area (Å²) in [6.07, 6.45) is 11.1. The first-order chi connectivity index (χ1) is 6.86. The van der Waals surface area contributed by atoms with Gasteiger partial charge in [0.2, 0.25) is 0 Å². The van der Waals surface area contributed by atoms with E-state index in [1.807, 2.05) is 24.4 Å². The average molecular weight is 187 g/mol. The minimum absolute atomic E-state index is 0.0129. The molecule has 0 aliphatic carbocycles. The molecule has 0 radical (unpaired) electrons. The predicted molar refractivity (Wildman–Crippen MR) is 51.4 cm³/mol. The molecule has 4 heteroatoms. The summed E-state index contributed by atoms with van der Waals surface area (Å²) in [4.78, 5) is 13.4. The predicted octanol–water partition coefficient (Wildman–Crippen LogP) is 0.156.